The molecule has 0 saturated carbocycles. The molecular formula is C14H16BrNO4. The van der Waals surface area contributed by atoms with Gasteiger partial charge in [0.2, 0.25) is 5.91 Å². The summed E-state index contributed by atoms with van der Waals surface area (Å²) in [5.74, 6) is -0.612. The highest BCUT2D eigenvalue weighted by atomic mass is 79.9. The zero-order valence-electron chi connectivity index (χ0n) is 10.9. The Kier molecular flexibility index (Phi) is 5.00. The molecule has 1 aliphatic rings. The number of hydrogen-bond donors (Lipinski definition) is 1. The molecule has 0 bridgehead atoms. The number of halogens is 1. The van der Waals surface area contributed by atoms with Gasteiger partial charge in [0.1, 0.15) is 5.75 Å². The lowest BCUT2D eigenvalue weighted by atomic mass is 10.1. The van der Waals surface area contributed by atoms with E-state index in [9.17, 15) is 9.59 Å². The summed E-state index contributed by atoms with van der Waals surface area (Å²) in [5.41, 5.74) is 0. The highest BCUT2D eigenvalue weighted by Crippen LogP contribution is 2.24. The number of carbonyl (C=O) groups is 2. The summed E-state index contributed by atoms with van der Waals surface area (Å²) in [7, 11) is 0. The van der Waals surface area contributed by atoms with Crippen LogP contribution >= 0.6 is 15.9 Å². The predicted octanol–water partition coefficient (Wildman–Crippen LogP) is 2.15. The number of benzene rings is 1. The van der Waals surface area contributed by atoms with Gasteiger partial charge < -0.3 is 14.7 Å². The number of ether oxygens (including phenoxy) is 1. The topological polar surface area (TPSA) is 66.8 Å². The Balaban J connectivity index is 1.76. The van der Waals surface area contributed by atoms with Gasteiger partial charge in [-0.15, -0.1) is 0 Å². The van der Waals surface area contributed by atoms with Crippen molar-refractivity contribution in [3.63, 3.8) is 0 Å². The minimum atomic E-state index is -0.829. The Morgan fingerprint density at radius 3 is 2.80 bits per heavy atom. The molecule has 0 aliphatic carbocycles. The van der Waals surface area contributed by atoms with Crippen LogP contribution in [0.25, 0.3) is 0 Å². The zero-order valence-corrected chi connectivity index (χ0v) is 12.5. The van der Waals surface area contributed by atoms with E-state index in [2.05, 4.69) is 15.9 Å². The lowest BCUT2D eigenvalue weighted by molar-refractivity contribution is -0.141. The van der Waals surface area contributed by atoms with Gasteiger partial charge in [-0.3, -0.25) is 9.59 Å². The largest absolute Gasteiger partial charge is 0.492 e. The highest BCUT2D eigenvalue weighted by Gasteiger charge is 2.30. The monoisotopic (exact) mass is 341 g/mol. The fourth-order valence-electron chi connectivity index (χ4n) is 2.16. The van der Waals surface area contributed by atoms with E-state index >= 15 is 0 Å². The van der Waals surface area contributed by atoms with Crippen molar-refractivity contribution in [2.24, 2.45) is 5.92 Å². The fraction of sp³-hybridized carbons (Fsp3) is 0.429. The smallest absolute Gasteiger partial charge is 0.308 e. The lowest BCUT2D eigenvalue weighted by Crippen LogP contribution is -2.30. The van der Waals surface area contributed by atoms with Gasteiger partial charge in [-0.05, 0) is 34.5 Å². The van der Waals surface area contributed by atoms with Crippen LogP contribution in [-0.2, 0) is 9.59 Å². The number of aliphatic carboxylic acids is 1. The third-order valence-electron chi connectivity index (χ3n) is 3.30. The minimum Gasteiger partial charge on any atom is -0.492 e. The minimum absolute atomic E-state index is 0.0548. The van der Waals surface area contributed by atoms with Crippen molar-refractivity contribution in [2.45, 2.75) is 12.8 Å². The molecule has 1 aromatic rings. The normalized spacial score (nSPS) is 18.1. The van der Waals surface area contributed by atoms with Gasteiger partial charge in [-0.2, -0.15) is 0 Å². The van der Waals surface area contributed by atoms with Crippen molar-refractivity contribution in [2.75, 3.05) is 19.7 Å². The van der Waals surface area contributed by atoms with Crippen LogP contribution in [-0.4, -0.2) is 41.6 Å². The van der Waals surface area contributed by atoms with Crippen LogP contribution < -0.4 is 4.74 Å². The molecule has 20 heavy (non-hydrogen) atoms. The molecule has 1 aliphatic heterocycles. The first-order valence-corrected chi connectivity index (χ1v) is 7.25. The number of rotatable bonds is 5. The summed E-state index contributed by atoms with van der Waals surface area (Å²) in [4.78, 5) is 24.4. The first-order valence-electron chi connectivity index (χ1n) is 6.46. The van der Waals surface area contributed by atoms with Gasteiger partial charge >= 0.3 is 5.97 Å². The Morgan fingerprint density at radius 1 is 1.40 bits per heavy atom. The van der Waals surface area contributed by atoms with Gasteiger partial charge in [0, 0.05) is 13.1 Å². The van der Waals surface area contributed by atoms with Gasteiger partial charge in [0.15, 0.2) is 0 Å². The molecule has 108 valence electrons. The quantitative estimate of drug-likeness (QED) is 0.890. The third-order valence-corrected chi connectivity index (χ3v) is 3.96. The summed E-state index contributed by atoms with van der Waals surface area (Å²) < 4.78 is 6.38. The molecule has 1 unspecified atom stereocenters. The lowest BCUT2D eigenvalue weighted by Gasteiger charge is -2.16. The molecule has 6 heteroatoms. The van der Waals surface area contributed by atoms with E-state index in [-0.39, 0.29) is 18.9 Å². The van der Waals surface area contributed by atoms with Crippen molar-refractivity contribution in [3.05, 3.63) is 28.7 Å². The molecule has 0 spiro atoms. The molecule has 1 N–H and O–H groups in total. The third kappa shape index (κ3) is 3.72. The van der Waals surface area contributed by atoms with E-state index < -0.39 is 11.9 Å². The van der Waals surface area contributed by atoms with Gasteiger partial charge in [-0.1, -0.05) is 12.1 Å². The number of amides is 1. The summed E-state index contributed by atoms with van der Waals surface area (Å²) in [6.45, 7) is 1.11. The maximum Gasteiger partial charge on any atom is 0.308 e. The van der Waals surface area contributed by atoms with E-state index in [0.717, 1.165) is 4.47 Å². The van der Waals surface area contributed by atoms with E-state index in [1.807, 2.05) is 24.3 Å². The number of likely N-dealkylation sites (tertiary alicyclic amines) is 1. The van der Waals surface area contributed by atoms with Crippen LogP contribution in [0.4, 0.5) is 0 Å². The molecular weight excluding hydrogens is 326 g/mol. The first-order chi connectivity index (χ1) is 9.58. The van der Waals surface area contributed by atoms with Crippen LogP contribution in [0.1, 0.15) is 12.8 Å². The van der Waals surface area contributed by atoms with Crippen molar-refractivity contribution in [1.82, 2.24) is 4.90 Å². The molecule has 1 atom stereocenters. The second-order valence-corrected chi connectivity index (χ2v) is 5.55. The van der Waals surface area contributed by atoms with Crippen LogP contribution in [0.2, 0.25) is 0 Å². The van der Waals surface area contributed by atoms with E-state index in [0.29, 0.717) is 25.3 Å². The first kappa shape index (κ1) is 14.8. The molecule has 5 nitrogen and oxygen atoms in total. The molecule has 0 aromatic heterocycles. The maximum absolute atomic E-state index is 11.9. The summed E-state index contributed by atoms with van der Waals surface area (Å²) >= 11 is 3.37. The Hall–Kier alpha value is -1.56. The second kappa shape index (κ2) is 6.74. The van der Waals surface area contributed by atoms with E-state index in [1.54, 1.807) is 4.90 Å². The number of carbonyl (C=O) groups excluding carboxylic acids is 1. The molecule has 1 fully saturated rings. The van der Waals surface area contributed by atoms with Crippen LogP contribution in [0, 0.1) is 5.92 Å². The zero-order chi connectivity index (χ0) is 14.5. The average molecular weight is 342 g/mol. The molecule has 1 saturated heterocycles. The Bertz CT molecular complexity index is 506. The SMILES string of the molecule is O=C(O)C1CCN(C(=O)CCOc2ccccc2Br)C1. The summed E-state index contributed by atoms with van der Waals surface area (Å²) in [5, 5.41) is 8.90. The van der Waals surface area contributed by atoms with Gasteiger partial charge in [0.25, 0.3) is 0 Å². The van der Waals surface area contributed by atoms with Gasteiger partial charge in [0.05, 0.1) is 23.4 Å². The molecule has 1 aromatic carbocycles. The maximum atomic E-state index is 11.9. The van der Waals surface area contributed by atoms with Crippen molar-refractivity contribution in [3.8, 4) is 5.75 Å². The fourth-order valence-corrected chi connectivity index (χ4v) is 2.56. The standard InChI is InChI=1S/C14H16BrNO4/c15-11-3-1-2-4-12(11)20-8-6-13(17)16-7-5-10(9-16)14(18)19/h1-4,10H,5-9H2,(H,18,19). The van der Waals surface area contributed by atoms with Crippen LogP contribution in [0.15, 0.2) is 28.7 Å². The van der Waals surface area contributed by atoms with Crippen molar-refractivity contribution < 1.29 is 19.4 Å². The number of carboxylic acid groups (broad SMARTS) is 1. The van der Waals surface area contributed by atoms with Gasteiger partial charge in [-0.25, -0.2) is 0 Å². The number of hydrogen-bond acceptors (Lipinski definition) is 3. The molecule has 0 radical (unpaired) electrons. The number of para-hydroxylation sites is 1. The van der Waals surface area contributed by atoms with E-state index in [4.69, 9.17) is 9.84 Å². The number of nitrogens with zero attached hydrogens (tertiary/aromatic N) is 1. The Morgan fingerprint density at radius 2 is 2.15 bits per heavy atom. The molecule has 1 heterocycles. The average Bonchev–Trinajstić information content (AvgIpc) is 2.91. The van der Waals surface area contributed by atoms with Crippen LogP contribution in [0.3, 0.4) is 0 Å². The highest BCUT2D eigenvalue weighted by molar-refractivity contribution is 9.10. The van der Waals surface area contributed by atoms with Crippen molar-refractivity contribution in [1.29, 1.82) is 0 Å². The van der Waals surface area contributed by atoms with Crippen molar-refractivity contribution >= 4 is 27.8 Å². The summed E-state index contributed by atoms with van der Waals surface area (Å²) in [6.07, 6.45) is 0.792. The second-order valence-electron chi connectivity index (χ2n) is 4.69. The molecule has 2 rings (SSSR count). The summed E-state index contributed by atoms with van der Waals surface area (Å²) in [6, 6.07) is 7.44. The van der Waals surface area contributed by atoms with E-state index in [1.165, 1.54) is 0 Å². The van der Waals surface area contributed by atoms with Crippen LogP contribution in [0.5, 0.6) is 5.75 Å². The predicted molar refractivity (Wildman–Crippen MR) is 76.6 cm³/mol. The molecule has 1 amide bonds. The number of carboxylic acids is 1. The Labute approximate surface area is 125 Å².